The number of aryl methyl sites for hydroxylation is 1. The molecule has 0 radical (unpaired) electrons. The van der Waals surface area contributed by atoms with Crippen molar-refractivity contribution >= 4 is 15.7 Å². The van der Waals surface area contributed by atoms with E-state index in [1.54, 1.807) is 24.3 Å². The predicted molar refractivity (Wildman–Crippen MR) is 126 cm³/mol. The van der Waals surface area contributed by atoms with Crippen LogP contribution in [0.15, 0.2) is 108 Å². The number of anilines is 1. The maximum Gasteiger partial charge on any atom is 0.261 e. The molecule has 0 atom stereocenters. The smallest absolute Gasteiger partial charge is 0.261 e. The van der Waals surface area contributed by atoms with E-state index in [1.807, 2.05) is 79.7 Å². The third-order valence-electron chi connectivity index (χ3n) is 5.07. The molecule has 32 heavy (non-hydrogen) atoms. The number of rotatable bonds is 8. The summed E-state index contributed by atoms with van der Waals surface area (Å²) in [7, 11) is -3.69. The van der Waals surface area contributed by atoms with Crippen LogP contribution in [0.25, 0.3) is 0 Å². The van der Waals surface area contributed by atoms with Crippen LogP contribution in [-0.4, -0.2) is 13.4 Å². The van der Waals surface area contributed by atoms with Gasteiger partial charge in [-0.15, -0.1) is 0 Å². The van der Waals surface area contributed by atoms with Crippen molar-refractivity contribution < 1.29 is 13.2 Å². The Kier molecular flexibility index (Phi) is 6.52. The molecule has 0 amide bonds. The molecule has 0 saturated heterocycles. The molecule has 4 rings (SSSR count). The van der Waals surface area contributed by atoms with Crippen molar-refractivity contribution in [1.82, 2.24) is 4.98 Å². The van der Waals surface area contributed by atoms with Gasteiger partial charge in [-0.05, 0) is 41.3 Å². The number of aromatic nitrogens is 1. The second kappa shape index (κ2) is 9.66. The number of sulfonamides is 1. The van der Waals surface area contributed by atoms with Gasteiger partial charge in [-0.25, -0.2) is 13.4 Å². The molecule has 162 valence electrons. The van der Waals surface area contributed by atoms with Crippen molar-refractivity contribution in [2.24, 2.45) is 0 Å². The fraction of sp³-hybridized carbons (Fsp3) is 0.115. The monoisotopic (exact) mass is 444 g/mol. The first kappa shape index (κ1) is 21.6. The SMILES string of the molecule is CCc1ccc(S(=O)(=O)Nc2ccc(OC(c3ccccc3)c3ccccc3)nc2)cc1. The summed E-state index contributed by atoms with van der Waals surface area (Å²) in [6, 6.07) is 30.0. The Labute approximate surface area is 188 Å². The molecule has 0 aliphatic carbocycles. The summed E-state index contributed by atoms with van der Waals surface area (Å²) in [4.78, 5) is 4.54. The number of nitrogens with zero attached hydrogens (tertiary/aromatic N) is 1. The van der Waals surface area contributed by atoms with Gasteiger partial charge in [0.05, 0.1) is 16.8 Å². The maximum atomic E-state index is 12.7. The van der Waals surface area contributed by atoms with Gasteiger partial charge < -0.3 is 4.74 Å². The molecular formula is C26H24N2O3S. The van der Waals surface area contributed by atoms with Gasteiger partial charge >= 0.3 is 0 Å². The van der Waals surface area contributed by atoms with Crippen LogP contribution in [0.3, 0.4) is 0 Å². The maximum absolute atomic E-state index is 12.7. The fourth-order valence-electron chi connectivity index (χ4n) is 3.33. The Morgan fingerprint density at radius 2 is 1.41 bits per heavy atom. The molecule has 0 aliphatic rings. The van der Waals surface area contributed by atoms with Crippen molar-refractivity contribution in [2.75, 3.05) is 4.72 Å². The summed E-state index contributed by atoms with van der Waals surface area (Å²) in [5, 5.41) is 0. The van der Waals surface area contributed by atoms with Gasteiger partial charge in [-0.2, -0.15) is 0 Å². The lowest BCUT2D eigenvalue weighted by molar-refractivity contribution is 0.237. The quantitative estimate of drug-likeness (QED) is 0.383. The molecule has 0 fully saturated rings. The minimum atomic E-state index is -3.69. The summed E-state index contributed by atoms with van der Waals surface area (Å²) < 4.78 is 34.1. The number of hydrogen-bond acceptors (Lipinski definition) is 4. The summed E-state index contributed by atoms with van der Waals surface area (Å²) in [6.07, 6.45) is 1.98. The van der Waals surface area contributed by atoms with Gasteiger partial charge in [0, 0.05) is 6.07 Å². The van der Waals surface area contributed by atoms with E-state index in [1.165, 1.54) is 6.20 Å². The Morgan fingerprint density at radius 1 is 0.812 bits per heavy atom. The zero-order valence-corrected chi connectivity index (χ0v) is 18.5. The lowest BCUT2D eigenvalue weighted by Crippen LogP contribution is -2.13. The summed E-state index contributed by atoms with van der Waals surface area (Å²) in [6.45, 7) is 2.02. The van der Waals surface area contributed by atoms with E-state index in [4.69, 9.17) is 4.74 Å². The highest BCUT2D eigenvalue weighted by molar-refractivity contribution is 7.92. The Bertz CT molecular complexity index is 1200. The van der Waals surface area contributed by atoms with Crippen molar-refractivity contribution in [1.29, 1.82) is 0 Å². The second-order valence-electron chi connectivity index (χ2n) is 7.31. The van der Waals surface area contributed by atoms with Gasteiger partial charge in [0.1, 0.15) is 0 Å². The summed E-state index contributed by atoms with van der Waals surface area (Å²) in [5.74, 6) is 0.401. The normalized spacial score (nSPS) is 11.3. The van der Waals surface area contributed by atoms with Crippen molar-refractivity contribution in [2.45, 2.75) is 24.3 Å². The van der Waals surface area contributed by atoms with E-state index in [0.717, 1.165) is 23.1 Å². The fourth-order valence-corrected chi connectivity index (χ4v) is 4.38. The zero-order valence-electron chi connectivity index (χ0n) is 17.7. The van der Waals surface area contributed by atoms with Gasteiger partial charge in [0.15, 0.2) is 6.10 Å². The minimum absolute atomic E-state index is 0.211. The third-order valence-corrected chi connectivity index (χ3v) is 6.47. The van der Waals surface area contributed by atoms with E-state index >= 15 is 0 Å². The van der Waals surface area contributed by atoms with Crippen LogP contribution in [0.4, 0.5) is 5.69 Å². The zero-order chi connectivity index (χ0) is 22.4. The molecule has 1 heterocycles. The average molecular weight is 445 g/mol. The Hall–Kier alpha value is -3.64. The summed E-state index contributed by atoms with van der Waals surface area (Å²) in [5.41, 5.74) is 3.45. The molecule has 1 N–H and O–H groups in total. The first-order valence-corrected chi connectivity index (χ1v) is 11.9. The Morgan fingerprint density at radius 3 is 1.91 bits per heavy atom. The van der Waals surface area contributed by atoms with Crippen molar-refractivity contribution in [3.05, 3.63) is 120 Å². The van der Waals surface area contributed by atoms with Crippen LogP contribution < -0.4 is 9.46 Å². The number of ether oxygens (including phenoxy) is 1. The highest BCUT2D eigenvalue weighted by atomic mass is 32.2. The topological polar surface area (TPSA) is 68.3 Å². The third kappa shape index (κ3) is 5.15. The molecule has 4 aromatic rings. The highest BCUT2D eigenvalue weighted by Crippen LogP contribution is 2.28. The van der Waals surface area contributed by atoms with Crippen LogP contribution in [0.2, 0.25) is 0 Å². The number of pyridine rings is 1. The van der Waals surface area contributed by atoms with Crippen LogP contribution in [0.5, 0.6) is 5.88 Å². The molecule has 1 aromatic heterocycles. The van der Waals surface area contributed by atoms with Gasteiger partial charge in [-0.1, -0.05) is 79.7 Å². The standard InChI is InChI=1S/C26H24N2O3S/c1-2-20-13-16-24(17-14-20)32(29,30)28-23-15-18-25(27-19-23)31-26(21-9-5-3-6-10-21)22-11-7-4-8-12-22/h3-19,26,28H,2H2,1H3. The molecule has 6 heteroatoms. The first-order valence-electron chi connectivity index (χ1n) is 10.4. The predicted octanol–water partition coefficient (Wildman–Crippen LogP) is 5.61. The number of hydrogen-bond donors (Lipinski definition) is 1. The van der Waals surface area contributed by atoms with Gasteiger partial charge in [0.2, 0.25) is 5.88 Å². The van der Waals surface area contributed by atoms with Gasteiger partial charge in [-0.3, -0.25) is 4.72 Å². The second-order valence-corrected chi connectivity index (χ2v) is 8.99. The molecule has 3 aromatic carbocycles. The lowest BCUT2D eigenvalue weighted by Gasteiger charge is -2.19. The number of nitrogens with one attached hydrogen (secondary N) is 1. The first-order chi connectivity index (χ1) is 15.5. The van der Waals surface area contributed by atoms with E-state index in [9.17, 15) is 8.42 Å². The Balaban J connectivity index is 1.52. The molecule has 0 unspecified atom stereocenters. The van der Waals surface area contributed by atoms with Crippen LogP contribution in [0.1, 0.15) is 29.7 Å². The van der Waals surface area contributed by atoms with Crippen LogP contribution in [0, 0.1) is 0 Å². The molecule has 0 saturated carbocycles. The molecule has 0 bridgehead atoms. The molecule has 0 spiro atoms. The molecular weight excluding hydrogens is 420 g/mol. The number of benzene rings is 3. The van der Waals surface area contributed by atoms with Crippen molar-refractivity contribution in [3.63, 3.8) is 0 Å². The molecule has 5 nitrogen and oxygen atoms in total. The van der Waals surface area contributed by atoms with Gasteiger partial charge in [0.25, 0.3) is 10.0 Å². The van der Waals surface area contributed by atoms with E-state index < -0.39 is 10.0 Å². The van der Waals surface area contributed by atoms with Crippen LogP contribution >= 0.6 is 0 Å². The van der Waals surface area contributed by atoms with E-state index in [2.05, 4.69) is 9.71 Å². The largest absolute Gasteiger partial charge is 0.465 e. The minimum Gasteiger partial charge on any atom is -0.465 e. The van der Waals surface area contributed by atoms with E-state index in [-0.39, 0.29) is 11.0 Å². The molecule has 0 aliphatic heterocycles. The highest BCUT2D eigenvalue weighted by Gasteiger charge is 2.17. The average Bonchev–Trinajstić information content (AvgIpc) is 2.84. The van der Waals surface area contributed by atoms with Crippen molar-refractivity contribution in [3.8, 4) is 5.88 Å². The lowest BCUT2D eigenvalue weighted by atomic mass is 10.0. The summed E-state index contributed by atoms with van der Waals surface area (Å²) >= 11 is 0. The van der Waals surface area contributed by atoms with Crippen LogP contribution in [-0.2, 0) is 16.4 Å². The van der Waals surface area contributed by atoms with E-state index in [0.29, 0.717) is 11.6 Å².